The molecule has 0 spiro atoms. The van der Waals surface area contributed by atoms with E-state index in [1.165, 1.54) is 16.1 Å². The minimum atomic E-state index is -1.72. The largest absolute Gasteiger partial charge is 0.321 e. The average molecular weight is 257 g/mol. The third-order valence-electron chi connectivity index (χ3n) is 3.16. The topological polar surface area (TPSA) is 12.0 Å². The second-order valence-electron chi connectivity index (χ2n) is 4.19. The molecule has 3 heteroatoms. The van der Waals surface area contributed by atoms with E-state index in [9.17, 15) is 0 Å². The molecular weight excluding hydrogens is 242 g/mol. The van der Waals surface area contributed by atoms with Gasteiger partial charge in [-0.15, -0.1) is 0 Å². The highest BCUT2D eigenvalue weighted by Gasteiger charge is 2.41. The second kappa shape index (κ2) is 4.68. The first-order valence-corrected chi connectivity index (χ1v) is 9.63. The SMILES string of the molecule is c1ccc([Si]2(c3ccccc3)NCCS2)cc1. The standard InChI is InChI=1S/C14H15NSSi/c1-3-7-13(8-4-1)17(15-11-12-16-17)14-9-5-2-6-10-14/h1-10,15H,11-12H2. The average Bonchev–Trinajstić information content (AvgIpc) is 2.91. The molecule has 2 aromatic rings. The van der Waals surface area contributed by atoms with E-state index in [1.807, 2.05) is 0 Å². The van der Waals surface area contributed by atoms with Crippen LogP contribution in [0, 0.1) is 0 Å². The highest BCUT2D eigenvalue weighted by Crippen LogP contribution is 2.22. The molecule has 1 nitrogen and oxygen atoms in total. The summed E-state index contributed by atoms with van der Waals surface area (Å²) in [6.07, 6.45) is 0. The van der Waals surface area contributed by atoms with E-state index in [0.29, 0.717) is 0 Å². The normalized spacial score (nSPS) is 18.1. The van der Waals surface area contributed by atoms with Crippen molar-refractivity contribution in [1.29, 1.82) is 0 Å². The first-order valence-electron chi connectivity index (χ1n) is 5.92. The van der Waals surface area contributed by atoms with E-state index in [1.54, 1.807) is 0 Å². The Labute approximate surface area is 107 Å². The van der Waals surface area contributed by atoms with Crippen LogP contribution in [0.2, 0.25) is 0 Å². The first kappa shape index (κ1) is 11.1. The zero-order valence-corrected chi connectivity index (χ0v) is 11.4. The van der Waals surface area contributed by atoms with E-state index in [2.05, 4.69) is 76.9 Å². The lowest BCUT2D eigenvalue weighted by Crippen LogP contribution is -2.63. The van der Waals surface area contributed by atoms with Crippen molar-refractivity contribution in [3.63, 3.8) is 0 Å². The van der Waals surface area contributed by atoms with Crippen LogP contribution >= 0.6 is 11.2 Å². The molecule has 3 rings (SSSR count). The lowest BCUT2D eigenvalue weighted by molar-refractivity contribution is 1.03. The lowest BCUT2D eigenvalue weighted by atomic mass is 10.4. The van der Waals surface area contributed by atoms with Crippen molar-refractivity contribution >= 4 is 29.0 Å². The summed E-state index contributed by atoms with van der Waals surface area (Å²) in [7, 11) is -1.72. The van der Waals surface area contributed by atoms with Gasteiger partial charge in [-0.25, -0.2) is 0 Å². The summed E-state index contributed by atoms with van der Waals surface area (Å²) in [4.78, 5) is 3.80. The summed E-state index contributed by atoms with van der Waals surface area (Å²) in [6, 6.07) is 21.8. The van der Waals surface area contributed by atoms with Crippen LogP contribution in [-0.4, -0.2) is 19.7 Å². The predicted octanol–water partition coefficient (Wildman–Crippen LogP) is 1.58. The van der Waals surface area contributed by atoms with E-state index < -0.39 is 7.38 Å². The molecule has 1 heterocycles. The fraction of sp³-hybridized carbons (Fsp3) is 0.143. The predicted molar refractivity (Wildman–Crippen MR) is 78.4 cm³/mol. The van der Waals surface area contributed by atoms with E-state index in [0.717, 1.165) is 6.54 Å². The van der Waals surface area contributed by atoms with Crippen molar-refractivity contribution in [3.8, 4) is 0 Å². The van der Waals surface area contributed by atoms with Gasteiger partial charge in [0.2, 0.25) is 0 Å². The molecule has 0 bridgehead atoms. The van der Waals surface area contributed by atoms with Gasteiger partial charge in [-0.3, -0.25) is 0 Å². The van der Waals surface area contributed by atoms with Gasteiger partial charge >= 0.3 is 0 Å². The highest BCUT2D eigenvalue weighted by atomic mass is 32.4. The van der Waals surface area contributed by atoms with Gasteiger partial charge in [0.15, 0.2) is 0 Å². The van der Waals surface area contributed by atoms with Gasteiger partial charge in [0.1, 0.15) is 0 Å². The maximum Gasteiger partial charge on any atom is 0.253 e. The summed E-state index contributed by atoms with van der Waals surface area (Å²) >= 11 is 2.12. The molecule has 2 aromatic carbocycles. The van der Waals surface area contributed by atoms with Crippen molar-refractivity contribution in [2.24, 2.45) is 0 Å². The van der Waals surface area contributed by atoms with Crippen molar-refractivity contribution in [2.75, 3.05) is 12.3 Å². The fourth-order valence-corrected chi connectivity index (χ4v) is 9.69. The lowest BCUT2D eigenvalue weighted by Gasteiger charge is -2.26. The van der Waals surface area contributed by atoms with E-state index in [-0.39, 0.29) is 0 Å². The maximum absolute atomic E-state index is 3.80. The first-order chi connectivity index (χ1) is 8.42. The Bertz CT molecular complexity index is 439. The van der Waals surface area contributed by atoms with Gasteiger partial charge in [0, 0.05) is 5.75 Å². The molecule has 1 saturated heterocycles. The van der Waals surface area contributed by atoms with Crippen LogP contribution in [-0.2, 0) is 0 Å². The third-order valence-corrected chi connectivity index (χ3v) is 10.8. The van der Waals surface area contributed by atoms with Crippen LogP contribution < -0.4 is 15.4 Å². The summed E-state index contributed by atoms with van der Waals surface area (Å²) in [5.41, 5.74) is 0. The number of benzene rings is 2. The van der Waals surface area contributed by atoms with Crippen molar-refractivity contribution < 1.29 is 0 Å². The van der Waals surface area contributed by atoms with Crippen LogP contribution in [0.25, 0.3) is 0 Å². The van der Waals surface area contributed by atoms with Crippen LogP contribution in [0.4, 0.5) is 0 Å². The van der Waals surface area contributed by atoms with Gasteiger partial charge in [-0.1, -0.05) is 60.7 Å². The van der Waals surface area contributed by atoms with Crippen molar-refractivity contribution in [3.05, 3.63) is 60.7 Å². The minimum absolute atomic E-state index is 1.13. The van der Waals surface area contributed by atoms with Crippen LogP contribution in [0.3, 0.4) is 0 Å². The second-order valence-corrected chi connectivity index (χ2v) is 10.5. The fourth-order valence-electron chi connectivity index (χ4n) is 2.37. The van der Waals surface area contributed by atoms with Gasteiger partial charge in [0.25, 0.3) is 7.38 Å². The molecule has 1 fully saturated rings. The van der Waals surface area contributed by atoms with Gasteiger partial charge in [0.05, 0.1) is 0 Å². The summed E-state index contributed by atoms with van der Waals surface area (Å²) in [6.45, 7) is 1.13. The van der Waals surface area contributed by atoms with Crippen LogP contribution in [0.15, 0.2) is 60.7 Å². The zero-order valence-electron chi connectivity index (χ0n) is 9.60. The number of hydrogen-bond donors (Lipinski definition) is 1. The monoisotopic (exact) mass is 257 g/mol. The molecule has 86 valence electrons. The minimum Gasteiger partial charge on any atom is -0.321 e. The Hall–Kier alpha value is -1.03. The van der Waals surface area contributed by atoms with Crippen LogP contribution in [0.1, 0.15) is 0 Å². The molecule has 0 atom stereocenters. The molecule has 0 radical (unpaired) electrons. The Morgan fingerprint density at radius 2 is 1.35 bits per heavy atom. The Kier molecular flexibility index (Phi) is 3.05. The zero-order chi connectivity index (χ0) is 11.6. The number of nitrogens with one attached hydrogen (secondary N) is 1. The maximum atomic E-state index is 3.80. The molecule has 0 saturated carbocycles. The smallest absolute Gasteiger partial charge is 0.253 e. The molecule has 0 unspecified atom stereocenters. The third kappa shape index (κ3) is 1.95. The molecule has 0 aromatic heterocycles. The molecule has 17 heavy (non-hydrogen) atoms. The number of hydrogen-bond acceptors (Lipinski definition) is 2. The molecule has 0 aliphatic carbocycles. The molecule has 1 aliphatic heterocycles. The Balaban J connectivity index is 2.11. The highest BCUT2D eigenvalue weighted by molar-refractivity contribution is 8.31. The number of rotatable bonds is 2. The van der Waals surface area contributed by atoms with Crippen LogP contribution in [0.5, 0.6) is 0 Å². The Morgan fingerprint density at radius 3 is 1.76 bits per heavy atom. The van der Waals surface area contributed by atoms with Crippen molar-refractivity contribution in [2.45, 2.75) is 0 Å². The summed E-state index contributed by atoms with van der Waals surface area (Å²) in [5.74, 6) is 1.22. The summed E-state index contributed by atoms with van der Waals surface area (Å²) in [5, 5.41) is 2.96. The molecule has 1 aliphatic rings. The van der Waals surface area contributed by atoms with Gasteiger partial charge in [-0.05, 0) is 16.9 Å². The molecule has 0 amide bonds. The van der Waals surface area contributed by atoms with E-state index >= 15 is 0 Å². The van der Waals surface area contributed by atoms with Gasteiger partial charge in [-0.2, -0.15) is 11.2 Å². The molecular formula is C14H15NSSi. The molecule has 1 N–H and O–H groups in total. The quantitative estimate of drug-likeness (QED) is 0.820. The Morgan fingerprint density at radius 1 is 0.824 bits per heavy atom. The van der Waals surface area contributed by atoms with Crippen molar-refractivity contribution in [1.82, 2.24) is 4.98 Å². The summed E-state index contributed by atoms with van der Waals surface area (Å²) < 4.78 is 0. The van der Waals surface area contributed by atoms with E-state index in [4.69, 9.17) is 0 Å². The van der Waals surface area contributed by atoms with Gasteiger partial charge < -0.3 is 4.98 Å².